The summed E-state index contributed by atoms with van der Waals surface area (Å²) in [5, 5.41) is 5.45. The minimum atomic E-state index is -0.304. The number of para-hydroxylation sites is 2. The van der Waals surface area contributed by atoms with Crippen molar-refractivity contribution in [3.8, 4) is 17.2 Å². The number of hydrogen-bond acceptors (Lipinski definition) is 4. The van der Waals surface area contributed by atoms with Gasteiger partial charge in [-0.2, -0.15) is 0 Å². The molecule has 122 valence electrons. The average molecular weight is 316 g/mol. The van der Waals surface area contributed by atoms with Gasteiger partial charge in [0.1, 0.15) is 12.4 Å². The Morgan fingerprint density at radius 1 is 1.00 bits per heavy atom. The minimum absolute atomic E-state index is 0.304. The molecule has 0 atom stereocenters. The third kappa shape index (κ3) is 5.10. The lowest BCUT2D eigenvalue weighted by Gasteiger charge is -2.11. The summed E-state index contributed by atoms with van der Waals surface area (Å²) < 4.78 is 15.9. The molecule has 0 radical (unpaired) electrons. The number of hydrogen-bond donors (Lipinski definition) is 2. The van der Waals surface area contributed by atoms with Crippen molar-refractivity contribution >= 4 is 11.7 Å². The van der Waals surface area contributed by atoms with Crippen LogP contribution in [0.5, 0.6) is 17.2 Å². The molecule has 0 aliphatic carbocycles. The van der Waals surface area contributed by atoms with Gasteiger partial charge in [0.25, 0.3) is 0 Å². The van der Waals surface area contributed by atoms with Crippen LogP contribution in [0.2, 0.25) is 0 Å². The molecule has 0 spiro atoms. The molecule has 0 heterocycles. The highest BCUT2D eigenvalue weighted by molar-refractivity contribution is 5.89. The number of methoxy groups -OCH3 is 2. The fraction of sp³-hybridized carbons (Fsp3) is 0.235. The minimum Gasteiger partial charge on any atom is -0.497 e. The van der Waals surface area contributed by atoms with Crippen molar-refractivity contribution in [1.29, 1.82) is 0 Å². The molecular formula is C17H20N2O4. The third-order valence-corrected chi connectivity index (χ3v) is 3.04. The van der Waals surface area contributed by atoms with Crippen LogP contribution in [0.4, 0.5) is 10.5 Å². The fourth-order valence-electron chi connectivity index (χ4n) is 1.94. The first-order chi connectivity index (χ1) is 11.2. The Hall–Kier alpha value is -2.89. The van der Waals surface area contributed by atoms with E-state index in [1.165, 1.54) is 0 Å². The van der Waals surface area contributed by atoms with Crippen LogP contribution in [-0.2, 0) is 0 Å². The summed E-state index contributed by atoms with van der Waals surface area (Å²) in [6, 6.07) is 14.2. The molecule has 2 aromatic rings. The number of carbonyl (C=O) groups excluding carboxylic acids is 1. The predicted molar refractivity (Wildman–Crippen MR) is 88.5 cm³/mol. The van der Waals surface area contributed by atoms with E-state index in [9.17, 15) is 4.79 Å². The number of amides is 2. The summed E-state index contributed by atoms with van der Waals surface area (Å²) >= 11 is 0. The Morgan fingerprint density at radius 3 is 2.52 bits per heavy atom. The zero-order chi connectivity index (χ0) is 16.5. The van der Waals surface area contributed by atoms with Gasteiger partial charge in [-0.15, -0.1) is 0 Å². The van der Waals surface area contributed by atoms with E-state index in [0.29, 0.717) is 36.1 Å². The largest absolute Gasteiger partial charge is 0.497 e. The van der Waals surface area contributed by atoms with Gasteiger partial charge >= 0.3 is 6.03 Å². The first-order valence-corrected chi connectivity index (χ1v) is 7.17. The number of ether oxygens (including phenoxy) is 3. The number of nitrogens with one attached hydrogen (secondary N) is 2. The summed E-state index contributed by atoms with van der Waals surface area (Å²) in [4.78, 5) is 11.8. The van der Waals surface area contributed by atoms with Crippen LogP contribution in [0.15, 0.2) is 48.5 Å². The van der Waals surface area contributed by atoms with Crippen molar-refractivity contribution in [1.82, 2.24) is 5.32 Å². The van der Waals surface area contributed by atoms with Crippen molar-refractivity contribution in [2.75, 3.05) is 32.7 Å². The van der Waals surface area contributed by atoms with E-state index in [1.54, 1.807) is 32.4 Å². The van der Waals surface area contributed by atoms with E-state index in [1.807, 2.05) is 30.3 Å². The molecular weight excluding hydrogens is 296 g/mol. The van der Waals surface area contributed by atoms with Crippen LogP contribution in [0.25, 0.3) is 0 Å². The van der Waals surface area contributed by atoms with Gasteiger partial charge in [-0.3, -0.25) is 0 Å². The van der Waals surface area contributed by atoms with Crippen molar-refractivity contribution < 1.29 is 19.0 Å². The van der Waals surface area contributed by atoms with Crippen LogP contribution < -0.4 is 24.8 Å². The molecule has 0 saturated carbocycles. The molecule has 0 aromatic heterocycles. The Kier molecular flexibility index (Phi) is 6.11. The molecule has 6 nitrogen and oxygen atoms in total. The molecule has 0 aliphatic rings. The van der Waals surface area contributed by atoms with E-state index in [4.69, 9.17) is 14.2 Å². The summed E-state index contributed by atoms with van der Waals surface area (Å²) in [6.45, 7) is 0.708. The molecule has 2 aromatic carbocycles. The lowest BCUT2D eigenvalue weighted by Crippen LogP contribution is -2.32. The number of urea groups is 1. The highest BCUT2D eigenvalue weighted by Crippen LogP contribution is 2.25. The summed E-state index contributed by atoms with van der Waals surface area (Å²) in [5.74, 6) is 1.99. The smallest absolute Gasteiger partial charge is 0.319 e. The van der Waals surface area contributed by atoms with Gasteiger partial charge < -0.3 is 24.8 Å². The van der Waals surface area contributed by atoms with Gasteiger partial charge in [0.15, 0.2) is 11.5 Å². The van der Waals surface area contributed by atoms with E-state index in [-0.39, 0.29) is 6.03 Å². The zero-order valence-electron chi connectivity index (χ0n) is 13.2. The Morgan fingerprint density at radius 2 is 1.78 bits per heavy atom. The van der Waals surface area contributed by atoms with Gasteiger partial charge in [0.05, 0.1) is 20.8 Å². The SMILES string of the molecule is COc1cccc(NC(=O)NCCOc2ccccc2OC)c1. The average Bonchev–Trinajstić information content (AvgIpc) is 2.59. The van der Waals surface area contributed by atoms with E-state index in [2.05, 4.69) is 10.6 Å². The van der Waals surface area contributed by atoms with Crippen molar-refractivity contribution in [2.45, 2.75) is 0 Å². The number of benzene rings is 2. The van der Waals surface area contributed by atoms with Gasteiger partial charge in [-0.1, -0.05) is 18.2 Å². The van der Waals surface area contributed by atoms with Crippen LogP contribution in [0, 0.1) is 0 Å². The molecule has 2 rings (SSSR count). The lowest BCUT2D eigenvalue weighted by molar-refractivity contribution is 0.246. The second kappa shape index (κ2) is 8.53. The lowest BCUT2D eigenvalue weighted by atomic mass is 10.3. The summed E-state index contributed by atoms with van der Waals surface area (Å²) in [5.41, 5.74) is 0.660. The molecule has 6 heteroatoms. The standard InChI is InChI=1S/C17H20N2O4/c1-21-14-7-5-6-13(12-14)19-17(20)18-10-11-23-16-9-4-3-8-15(16)22-2/h3-9,12H,10-11H2,1-2H3,(H2,18,19,20). The third-order valence-electron chi connectivity index (χ3n) is 3.04. The molecule has 23 heavy (non-hydrogen) atoms. The molecule has 0 fully saturated rings. The number of carbonyl (C=O) groups is 1. The quantitative estimate of drug-likeness (QED) is 0.771. The van der Waals surface area contributed by atoms with Crippen LogP contribution >= 0.6 is 0 Å². The van der Waals surface area contributed by atoms with Crippen LogP contribution in [0.1, 0.15) is 0 Å². The first-order valence-electron chi connectivity index (χ1n) is 7.17. The highest BCUT2D eigenvalue weighted by Gasteiger charge is 2.04. The first kappa shape index (κ1) is 16.5. The summed E-state index contributed by atoms with van der Waals surface area (Å²) in [7, 11) is 3.16. The van der Waals surface area contributed by atoms with E-state index < -0.39 is 0 Å². The fourth-order valence-corrected chi connectivity index (χ4v) is 1.94. The van der Waals surface area contributed by atoms with Crippen LogP contribution in [0.3, 0.4) is 0 Å². The number of anilines is 1. The molecule has 2 amide bonds. The molecule has 0 unspecified atom stereocenters. The van der Waals surface area contributed by atoms with Gasteiger partial charge in [-0.05, 0) is 24.3 Å². The van der Waals surface area contributed by atoms with Crippen molar-refractivity contribution in [3.63, 3.8) is 0 Å². The Balaban J connectivity index is 1.74. The van der Waals surface area contributed by atoms with Crippen molar-refractivity contribution in [3.05, 3.63) is 48.5 Å². The second-order valence-electron chi connectivity index (χ2n) is 4.61. The molecule has 2 N–H and O–H groups in total. The van der Waals surface area contributed by atoms with E-state index in [0.717, 1.165) is 0 Å². The van der Waals surface area contributed by atoms with Gasteiger partial charge in [-0.25, -0.2) is 4.79 Å². The second-order valence-corrected chi connectivity index (χ2v) is 4.61. The Bertz CT molecular complexity index is 646. The van der Waals surface area contributed by atoms with Crippen molar-refractivity contribution in [2.24, 2.45) is 0 Å². The van der Waals surface area contributed by atoms with E-state index >= 15 is 0 Å². The Labute approximate surface area is 135 Å². The van der Waals surface area contributed by atoms with Crippen LogP contribution in [-0.4, -0.2) is 33.4 Å². The number of rotatable bonds is 7. The summed E-state index contributed by atoms with van der Waals surface area (Å²) in [6.07, 6.45) is 0. The van der Waals surface area contributed by atoms with Gasteiger partial charge in [0, 0.05) is 11.8 Å². The predicted octanol–water partition coefficient (Wildman–Crippen LogP) is 2.90. The topological polar surface area (TPSA) is 68.8 Å². The molecule has 0 aliphatic heterocycles. The van der Waals surface area contributed by atoms with Gasteiger partial charge in [0.2, 0.25) is 0 Å². The maximum absolute atomic E-state index is 11.8. The monoisotopic (exact) mass is 316 g/mol. The highest BCUT2D eigenvalue weighted by atomic mass is 16.5. The normalized spacial score (nSPS) is 9.83. The molecule has 0 saturated heterocycles. The zero-order valence-corrected chi connectivity index (χ0v) is 13.2. The maximum atomic E-state index is 11.8. The maximum Gasteiger partial charge on any atom is 0.319 e. The molecule has 0 bridgehead atoms.